The molecule has 1 radical (unpaired) electrons. The molecule has 3 rings (SSSR count). The topological polar surface area (TPSA) is 0 Å². The Labute approximate surface area is 69.4 Å². The molecule has 3 saturated carbocycles. The van der Waals surface area contributed by atoms with Crippen LogP contribution in [0.2, 0.25) is 0 Å². The Morgan fingerprint density at radius 2 is 1.91 bits per heavy atom. The van der Waals surface area contributed by atoms with E-state index in [4.69, 9.17) is 0 Å². The summed E-state index contributed by atoms with van der Waals surface area (Å²) in [4.78, 5) is 0. The van der Waals surface area contributed by atoms with Crippen molar-refractivity contribution in [2.24, 2.45) is 17.8 Å². The van der Waals surface area contributed by atoms with Crippen LogP contribution in [0.25, 0.3) is 0 Å². The first-order valence-corrected chi connectivity index (χ1v) is 5.31. The molecule has 3 aliphatic rings. The van der Waals surface area contributed by atoms with Crippen molar-refractivity contribution in [3.05, 3.63) is 5.92 Å². The average molecular weight is 149 g/mol. The van der Waals surface area contributed by atoms with Crippen LogP contribution in [0.5, 0.6) is 0 Å². The highest BCUT2D eigenvalue weighted by atomic mass is 14.5. The van der Waals surface area contributed by atoms with Gasteiger partial charge in [0.05, 0.1) is 0 Å². The van der Waals surface area contributed by atoms with Crippen LogP contribution in [-0.4, -0.2) is 0 Å². The monoisotopic (exact) mass is 149 g/mol. The molecule has 0 aliphatic heterocycles. The average Bonchev–Trinajstić information content (AvgIpc) is 2.42. The molecule has 0 heteroatoms. The van der Waals surface area contributed by atoms with E-state index in [2.05, 4.69) is 0 Å². The van der Waals surface area contributed by atoms with Gasteiger partial charge in [0.1, 0.15) is 0 Å². The van der Waals surface area contributed by atoms with Crippen molar-refractivity contribution in [3.8, 4) is 0 Å². The van der Waals surface area contributed by atoms with Crippen LogP contribution >= 0.6 is 0 Å². The van der Waals surface area contributed by atoms with Gasteiger partial charge < -0.3 is 0 Å². The molecule has 3 aliphatic carbocycles. The van der Waals surface area contributed by atoms with Gasteiger partial charge in [0.2, 0.25) is 0 Å². The summed E-state index contributed by atoms with van der Waals surface area (Å²) in [7, 11) is 0. The summed E-state index contributed by atoms with van der Waals surface area (Å²) < 4.78 is 0. The standard InChI is InChI=1S/C11H17/c1-2-4-10-9-5-6-11(10)8(3-1)7-9/h8-10H,1-7H2. The van der Waals surface area contributed by atoms with E-state index in [1.807, 2.05) is 5.92 Å². The SMILES string of the molecule is C1CCC2[C]3CCC2CC3C1. The van der Waals surface area contributed by atoms with Gasteiger partial charge >= 0.3 is 0 Å². The minimum absolute atomic E-state index is 1.10. The minimum Gasteiger partial charge on any atom is -0.0530 e. The van der Waals surface area contributed by atoms with Gasteiger partial charge in [-0.25, -0.2) is 0 Å². The quantitative estimate of drug-likeness (QED) is 0.496. The molecule has 0 amide bonds. The van der Waals surface area contributed by atoms with Gasteiger partial charge in [-0.15, -0.1) is 0 Å². The second kappa shape index (κ2) is 2.24. The smallest absolute Gasteiger partial charge is 0.0176 e. The first-order valence-electron chi connectivity index (χ1n) is 5.31. The number of hydrogen-bond donors (Lipinski definition) is 0. The largest absolute Gasteiger partial charge is 0.0530 e. The van der Waals surface area contributed by atoms with E-state index in [1.165, 1.54) is 19.3 Å². The van der Waals surface area contributed by atoms with E-state index in [1.54, 1.807) is 25.7 Å². The Bertz CT molecular complexity index is 161. The highest BCUT2D eigenvalue weighted by Gasteiger charge is 2.48. The van der Waals surface area contributed by atoms with Crippen molar-refractivity contribution < 1.29 is 0 Å². The number of rotatable bonds is 0. The molecular weight excluding hydrogens is 132 g/mol. The van der Waals surface area contributed by atoms with E-state index < -0.39 is 0 Å². The van der Waals surface area contributed by atoms with Crippen LogP contribution in [0, 0.1) is 23.7 Å². The molecule has 3 atom stereocenters. The molecule has 0 aromatic rings. The fourth-order valence-corrected chi connectivity index (χ4v) is 3.83. The lowest BCUT2D eigenvalue weighted by atomic mass is 9.86. The third kappa shape index (κ3) is 0.816. The molecule has 0 nitrogen and oxygen atoms in total. The molecule has 3 unspecified atom stereocenters. The van der Waals surface area contributed by atoms with Gasteiger partial charge in [-0.2, -0.15) is 0 Å². The van der Waals surface area contributed by atoms with Crippen molar-refractivity contribution in [2.45, 2.75) is 44.9 Å². The van der Waals surface area contributed by atoms with E-state index in [-0.39, 0.29) is 0 Å². The highest BCUT2D eigenvalue weighted by Crippen LogP contribution is 2.58. The van der Waals surface area contributed by atoms with Crippen molar-refractivity contribution in [1.82, 2.24) is 0 Å². The molecule has 4 bridgehead atoms. The zero-order valence-corrected chi connectivity index (χ0v) is 7.18. The predicted molar refractivity (Wildman–Crippen MR) is 46.0 cm³/mol. The van der Waals surface area contributed by atoms with E-state index in [0.29, 0.717) is 0 Å². The summed E-state index contributed by atoms with van der Waals surface area (Å²) in [6, 6.07) is 0. The van der Waals surface area contributed by atoms with Gasteiger partial charge in [0, 0.05) is 0 Å². The van der Waals surface area contributed by atoms with Crippen LogP contribution in [0.4, 0.5) is 0 Å². The highest BCUT2D eigenvalue weighted by molar-refractivity contribution is 5.16. The Balaban J connectivity index is 1.89. The normalized spacial score (nSPS) is 49.6. The fourth-order valence-electron chi connectivity index (χ4n) is 3.83. The zero-order chi connectivity index (χ0) is 7.26. The van der Waals surface area contributed by atoms with E-state index in [0.717, 1.165) is 17.8 Å². The second-order valence-electron chi connectivity index (χ2n) is 4.70. The maximum absolute atomic E-state index is 2.01. The van der Waals surface area contributed by atoms with Crippen molar-refractivity contribution in [2.75, 3.05) is 0 Å². The first-order chi connectivity index (χ1) is 5.45. The van der Waals surface area contributed by atoms with Crippen LogP contribution in [-0.2, 0) is 0 Å². The molecule has 11 heavy (non-hydrogen) atoms. The van der Waals surface area contributed by atoms with Crippen molar-refractivity contribution in [1.29, 1.82) is 0 Å². The van der Waals surface area contributed by atoms with Gasteiger partial charge in [0.15, 0.2) is 0 Å². The van der Waals surface area contributed by atoms with Crippen LogP contribution in [0.15, 0.2) is 0 Å². The molecule has 0 aromatic carbocycles. The summed E-state index contributed by atoms with van der Waals surface area (Å²) in [5.41, 5.74) is 0. The Morgan fingerprint density at radius 1 is 1.00 bits per heavy atom. The van der Waals surface area contributed by atoms with Crippen LogP contribution < -0.4 is 0 Å². The van der Waals surface area contributed by atoms with Crippen LogP contribution in [0.1, 0.15) is 44.9 Å². The summed E-state index contributed by atoms with van der Waals surface area (Å²) in [5, 5.41) is 0. The summed E-state index contributed by atoms with van der Waals surface area (Å²) in [5.74, 6) is 5.37. The fraction of sp³-hybridized carbons (Fsp3) is 0.909. The van der Waals surface area contributed by atoms with Gasteiger partial charge in [0.25, 0.3) is 0 Å². The van der Waals surface area contributed by atoms with E-state index >= 15 is 0 Å². The Hall–Kier alpha value is 0. The Morgan fingerprint density at radius 3 is 2.91 bits per heavy atom. The summed E-state index contributed by atoms with van der Waals surface area (Å²) in [6.07, 6.45) is 10.8. The summed E-state index contributed by atoms with van der Waals surface area (Å²) >= 11 is 0. The minimum atomic E-state index is 1.10. The Kier molecular flexibility index (Phi) is 1.33. The number of hydrogen-bond acceptors (Lipinski definition) is 0. The predicted octanol–water partition coefficient (Wildman–Crippen LogP) is 3.18. The van der Waals surface area contributed by atoms with Crippen molar-refractivity contribution >= 4 is 0 Å². The van der Waals surface area contributed by atoms with Crippen LogP contribution in [0.3, 0.4) is 0 Å². The zero-order valence-electron chi connectivity index (χ0n) is 7.18. The maximum Gasteiger partial charge on any atom is -0.0176 e. The molecule has 0 N–H and O–H groups in total. The first kappa shape index (κ1) is 6.51. The lowest BCUT2D eigenvalue weighted by Crippen LogP contribution is -2.07. The third-order valence-electron chi connectivity index (χ3n) is 4.28. The molecule has 3 fully saturated rings. The maximum atomic E-state index is 2.01. The lowest BCUT2D eigenvalue weighted by Gasteiger charge is -2.19. The molecule has 0 aromatic heterocycles. The van der Waals surface area contributed by atoms with E-state index in [9.17, 15) is 0 Å². The molecule has 0 saturated heterocycles. The van der Waals surface area contributed by atoms with Gasteiger partial charge in [-0.1, -0.05) is 12.8 Å². The second-order valence-corrected chi connectivity index (χ2v) is 4.70. The van der Waals surface area contributed by atoms with Gasteiger partial charge in [-0.05, 0) is 55.8 Å². The van der Waals surface area contributed by atoms with Gasteiger partial charge in [-0.3, -0.25) is 0 Å². The molecule has 61 valence electrons. The van der Waals surface area contributed by atoms with Crippen molar-refractivity contribution in [3.63, 3.8) is 0 Å². The lowest BCUT2D eigenvalue weighted by molar-refractivity contribution is 0.350. The third-order valence-corrected chi connectivity index (χ3v) is 4.28. The summed E-state index contributed by atoms with van der Waals surface area (Å²) in [6.45, 7) is 0. The molecule has 0 heterocycles. The molecular formula is C11H17. The molecule has 0 spiro atoms.